The van der Waals surface area contributed by atoms with E-state index in [0.717, 1.165) is 16.7 Å². The lowest BCUT2D eigenvalue weighted by Crippen LogP contribution is -2.19. The van der Waals surface area contributed by atoms with Gasteiger partial charge in [-0.25, -0.2) is 10.5 Å². The van der Waals surface area contributed by atoms with Crippen LogP contribution in [-0.4, -0.2) is 27.0 Å². The number of hydrogen-bond acceptors (Lipinski definition) is 5. The first-order chi connectivity index (χ1) is 12.6. The third kappa shape index (κ3) is 3.90. The van der Waals surface area contributed by atoms with E-state index in [1.165, 1.54) is 19.1 Å². The molecule has 2 heterocycles. The Balaban J connectivity index is 1.99. The van der Waals surface area contributed by atoms with Gasteiger partial charge in [0.05, 0.1) is 5.69 Å². The highest BCUT2D eigenvalue weighted by molar-refractivity contribution is 5.96. The van der Waals surface area contributed by atoms with Gasteiger partial charge in [0.25, 0.3) is 5.91 Å². The van der Waals surface area contributed by atoms with Gasteiger partial charge in [-0.3, -0.25) is 19.8 Å². The molecule has 0 aliphatic heterocycles. The third-order valence-corrected chi connectivity index (χ3v) is 3.67. The molecule has 3 rings (SSSR count). The Bertz CT molecular complexity index is 941. The topological polar surface area (TPSA) is 104 Å². The molecule has 0 fully saturated rings. The molecule has 0 saturated carbocycles. The van der Waals surface area contributed by atoms with E-state index >= 15 is 0 Å². The molecular weight excluding hydrogens is 332 g/mol. The number of pyridine rings is 2. The van der Waals surface area contributed by atoms with Crippen molar-refractivity contribution in [2.75, 3.05) is 5.32 Å². The Hall–Kier alpha value is -3.58. The number of anilines is 1. The summed E-state index contributed by atoms with van der Waals surface area (Å²) in [5.74, 6) is -0.769. The summed E-state index contributed by atoms with van der Waals surface area (Å²) in [4.78, 5) is 31.5. The Morgan fingerprint density at radius 3 is 2.35 bits per heavy atom. The minimum atomic E-state index is -0.688. The summed E-state index contributed by atoms with van der Waals surface area (Å²) in [6.45, 7) is 1.35. The van der Waals surface area contributed by atoms with E-state index < -0.39 is 5.91 Å². The quantitative estimate of drug-likeness (QED) is 0.497. The second kappa shape index (κ2) is 7.54. The fraction of sp³-hybridized carbons (Fsp3) is 0.0526. The van der Waals surface area contributed by atoms with Crippen LogP contribution in [0.5, 0.6) is 0 Å². The largest absolute Gasteiger partial charge is 0.311 e. The zero-order valence-electron chi connectivity index (χ0n) is 13.9. The van der Waals surface area contributed by atoms with E-state index in [1.54, 1.807) is 17.9 Å². The molecule has 130 valence electrons. The van der Waals surface area contributed by atoms with E-state index in [4.69, 9.17) is 5.21 Å². The number of rotatable bonds is 4. The van der Waals surface area contributed by atoms with Crippen LogP contribution in [0.25, 0.3) is 22.4 Å². The number of amides is 2. The normalized spacial score (nSPS) is 10.2. The number of carbonyl (C=O) groups is 2. The summed E-state index contributed by atoms with van der Waals surface area (Å²) in [7, 11) is 0. The summed E-state index contributed by atoms with van der Waals surface area (Å²) >= 11 is 0. The average Bonchev–Trinajstić information content (AvgIpc) is 2.67. The van der Waals surface area contributed by atoms with Gasteiger partial charge < -0.3 is 5.32 Å². The van der Waals surface area contributed by atoms with Crippen LogP contribution in [0.2, 0.25) is 0 Å². The van der Waals surface area contributed by atoms with Crippen LogP contribution in [0.4, 0.5) is 5.82 Å². The molecule has 0 aliphatic carbocycles. The van der Waals surface area contributed by atoms with Gasteiger partial charge in [-0.2, -0.15) is 0 Å². The SMILES string of the molecule is CC(=O)Nc1cc(C(=O)NO)cc(-c2ccc(-c3cccnc3)cc2)n1. The van der Waals surface area contributed by atoms with Crippen molar-refractivity contribution in [1.82, 2.24) is 15.4 Å². The lowest BCUT2D eigenvalue weighted by Gasteiger charge is -2.09. The van der Waals surface area contributed by atoms with E-state index in [1.807, 2.05) is 36.4 Å². The minimum absolute atomic E-state index is 0.178. The van der Waals surface area contributed by atoms with Crippen LogP contribution in [0, 0.1) is 0 Å². The Kier molecular flexibility index (Phi) is 5.00. The lowest BCUT2D eigenvalue weighted by atomic mass is 10.0. The van der Waals surface area contributed by atoms with Crippen molar-refractivity contribution in [1.29, 1.82) is 0 Å². The van der Waals surface area contributed by atoms with E-state index in [2.05, 4.69) is 15.3 Å². The Labute approximate surface area is 149 Å². The van der Waals surface area contributed by atoms with Crippen LogP contribution >= 0.6 is 0 Å². The van der Waals surface area contributed by atoms with Crippen molar-refractivity contribution in [3.8, 4) is 22.4 Å². The van der Waals surface area contributed by atoms with Gasteiger partial charge in [-0.05, 0) is 29.3 Å². The van der Waals surface area contributed by atoms with Crippen molar-refractivity contribution in [3.63, 3.8) is 0 Å². The predicted molar refractivity (Wildman–Crippen MR) is 96.5 cm³/mol. The lowest BCUT2D eigenvalue weighted by molar-refractivity contribution is -0.114. The second-order valence-corrected chi connectivity index (χ2v) is 5.57. The molecule has 0 aliphatic rings. The van der Waals surface area contributed by atoms with Gasteiger partial charge in [-0.15, -0.1) is 0 Å². The highest BCUT2D eigenvalue weighted by Gasteiger charge is 2.11. The maximum Gasteiger partial charge on any atom is 0.274 e. The molecule has 0 bridgehead atoms. The van der Waals surface area contributed by atoms with Crippen LogP contribution in [-0.2, 0) is 4.79 Å². The maximum atomic E-state index is 11.8. The summed E-state index contributed by atoms with van der Waals surface area (Å²) in [6.07, 6.45) is 3.48. The van der Waals surface area contributed by atoms with Gasteiger partial charge in [0.15, 0.2) is 0 Å². The maximum absolute atomic E-state index is 11.8. The summed E-state index contributed by atoms with van der Waals surface area (Å²) in [6, 6.07) is 14.3. The number of hydroxylamine groups is 1. The molecule has 0 spiro atoms. The Morgan fingerprint density at radius 1 is 1.00 bits per heavy atom. The van der Waals surface area contributed by atoms with Crippen LogP contribution < -0.4 is 10.8 Å². The zero-order chi connectivity index (χ0) is 18.5. The van der Waals surface area contributed by atoms with Gasteiger partial charge >= 0.3 is 0 Å². The molecule has 3 aromatic rings. The number of nitrogens with one attached hydrogen (secondary N) is 2. The molecular formula is C19H16N4O3. The van der Waals surface area contributed by atoms with E-state index in [9.17, 15) is 9.59 Å². The molecule has 3 N–H and O–H groups in total. The number of hydrogen-bond donors (Lipinski definition) is 3. The van der Waals surface area contributed by atoms with Crippen molar-refractivity contribution < 1.29 is 14.8 Å². The molecule has 1 aromatic carbocycles. The first-order valence-corrected chi connectivity index (χ1v) is 7.82. The molecule has 2 amide bonds. The van der Waals surface area contributed by atoms with E-state index in [-0.39, 0.29) is 17.3 Å². The standard InChI is InChI=1S/C19H16N4O3/c1-12(24)21-18-10-16(19(25)23-26)9-17(22-18)14-6-4-13(5-7-14)15-3-2-8-20-11-15/h2-11,26H,1H3,(H,23,25)(H,21,22,24). The highest BCUT2D eigenvalue weighted by Crippen LogP contribution is 2.25. The summed E-state index contributed by atoms with van der Waals surface area (Å²) in [5, 5.41) is 11.4. The third-order valence-electron chi connectivity index (χ3n) is 3.67. The van der Waals surface area contributed by atoms with Crippen LogP contribution in [0.1, 0.15) is 17.3 Å². The van der Waals surface area contributed by atoms with Gasteiger partial charge in [0.2, 0.25) is 5.91 Å². The van der Waals surface area contributed by atoms with Crippen molar-refractivity contribution in [2.45, 2.75) is 6.92 Å². The molecule has 0 unspecified atom stereocenters. The first-order valence-electron chi connectivity index (χ1n) is 7.82. The van der Waals surface area contributed by atoms with E-state index in [0.29, 0.717) is 5.69 Å². The zero-order valence-corrected chi connectivity index (χ0v) is 13.9. The fourth-order valence-electron chi connectivity index (χ4n) is 2.49. The number of aromatic nitrogens is 2. The van der Waals surface area contributed by atoms with Gasteiger partial charge in [0.1, 0.15) is 5.82 Å². The smallest absolute Gasteiger partial charge is 0.274 e. The molecule has 7 nitrogen and oxygen atoms in total. The molecule has 0 atom stereocenters. The highest BCUT2D eigenvalue weighted by atomic mass is 16.5. The average molecular weight is 348 g/mol. The number of nitrogens with zero attached hydrogens (tertiary/aromatic N) is 2. The number of benzene rings is 1. The van der Waals surface area contributed by atoms with Crippen LogP contribution in [0.15, 0.2) is 60.9 Å². The van der Waals surface area contributed by atoms with Crippen molar-refractivity contribution >= 4 is 17.6 Å². The molecule has 26 heavy (non-hydrogen) atoms. The van der Waals surface area contributed by atoms with Crippen molar-refractivity contribution in [2.24, 2.45) is 0 Å². The summed E-state index contributed by atoms with van der Waals surface area (Å²) < 4.78 is 0. The minimum Gasteiger partial charge on any atom is -0.311 e. The van der Waals surface area contributed by atoms with Crippen LogP contribution in [0.3, 0.4) is 0 Å². The van der Waals surface area contributed by atoms with Crippen molar-refractivity contribution in [3.05, 3.63) is 66.5 Å². The fourth-order valence-corrected chi connectivity index (χ4v) is 2.49. The summed E-state index contributed by atoms with van der Waals surface area (Å²) in [5.41, 5.74) is 5.00. The Morgan fingerprint density at radius 2 is 1.73 bits per heavy atom. The molecule has 0 radical (unpaired) electrons. The predicted octanol–water partition coefficient (Wildman–Crippen LogP) is 2.89. The number of carbonyl (C=O) groups excluding carboxylic acids is 2. The molecule has 7 heteroatoms. The molecule has 2 aromatic heterocycles. The first kappa shape index (κ1) is 17.2. The van der Waals surface area contributed by atoms with Gasteiger partial charge in [-0.1, -0.05) is 30.3 Å². The van der Waals surface area contributed by atoms with Gasteiger partial charge in [0, 0.05) is 30.4 Å². The monoisotopic (exact) mass is 348 g/mol. The molecule has 0 saturated heterocycles. The second-order valence-electron chi connectivity index (χ2n) is 5.57.